The van der Waals surface area contributed by atoms with Crippen LogP contribution in [0.1, 0.15) is 41.5 Å². The summed E-state index contributed by atoms with van der Waals surface area (Å²) in [5.41, 5.74) is 5.35. The molecule has 156 valence electrons. The van der Waals surface area contributed by atoms with E-state index in [1.54, 1.807) is 39.0 Å². The van der Waals surface area contributed by atoms with E-state index >= 15 is 0 Å². The molecule has 0 radical (unpaired) electrons. The Hall–Kier alpha value is -2.59. The van der Waals surface area contributed by atoms with Gasteiger partial charge in [-0.3, -0.25) is 5.32 Å². The molecule has 10 heteroatoms. The smallest absolute Gasteiger partial charge is 0.412 e. The van der Waals surface area contributed by atoms with Gasteiger partial charge in [-0.1, -0.05) is 31.9 Å². The molecule has 0 saturated heterocycles. The molecule has 2 rings (SSSR count). The fourth-order valence-electron chi connectivity index (χ4n) is 1.93. The Balaban J connectivity index is 0.000000326. The second-order valence-electron chi connectivity index (χ2n) is 6.66. The average molecular weight is 532 g/mol. The van der Waals surface area contributed by atoms with Crippen LogP contribution in [-0.2, 0) is 4.74 Å². The first-order valence-corrected chi connectivity index (χ1v) is 9.70. The highest BCUT2D eigenvalue weighted by Gasteiger charge is 2.18. The number of nitrogens with one attached hydrogen (secondary N) is 1. The van der Waals surface area contributed by atoms with Crippen molar-refractivity contribution in [2.45, 2.75) is 26.4 Å². The molecule has 5 N–H and O–H groups in total. The number of carboxylic acid groups (broad SMARTS) is 2. The van der Waals surface area contributed by atoms with Crippen LogP contribution in [0.15, 0.2) is 45.3 Å². The van der Waals surface area contributed by atoms with Gasteiger partial charge in [0.25, 0.3) is 0 Å². The van der Waals surface area contributed by atoms with E-state index < -0.39 is 23.6 Å². The molecule has 1 amide bonds. The minimum atomic E-state index is -1.12. The zero-order valence-electron chi connectivity index (χ0n) is 15.8. The van der Waals surface area contributed by atoms with E-state index in [1.165, 1.54) is 18.2 Å². The third kappa shape index (κ3) is 8.53. The van der Waals surface area contributed by atoms with Crippen molar-refractivity contribution in [3.8, 4) is 0 Å². The molecule has 0 aliphatic carbocycles. The highest BCUT2D eigenvalue weighted by atomic mass is 79.9. The Morgan fingerprint density at radius 2 is 1.41 bits per heavy atom. The van der Waals surface area contributed by atoms with Crippen LogP contribution in [0.3, 0.4) is 0 Å². The van der Waals surface area contributed by atoms with Gasteiger partial charge in [-0.05, 0) is 57.2 Å². The predicted molar refractivity (Wildman–Crippen MR) is 116 cm³/mol. The number of benzene rings is 2. The molecule has 0 aliphatic heterocycles. The number of nitrogen functional groups attached to an aromatic ring is 1. The van der Waals surface area contributed by atoms with Crippen LogP contribution >= 0.6 is 31.9 Å². The number of carboxylic acids is 2. The molecule has 0 heterocycles. The van der Waals surface area contributed by atoms with E-state index in [-0.39, 0.29) is 22.5 Å². The van der Waals surface area contributed by atoms with Gasteiger partial charge in [0.2, 0.25) is 0 Å². The number of halogens is 2. The molecule has 0 bridgehead atoms. The summed E-state index contributed by atoms with van der Waals surface area (Å²) in [6.07, 6.45) is -0.688. The predicted octanol–water partition coefficient (Wildman–Crippen LogP) is 5.22. The first-order valence-electron chi connectivity index (χ1n) is 8.11. The van der Waals surface area contributed by atoms with Crippen LogP contribution in [0.4, 0.5) is 16.2 Å². The van der Waals surface area contributed by atoms with Crippen LogP contribution in [-0.4, -0.2) is 33.8 Å². The van der Waals surface area contributed by atoms with Crippen molar-refractivity contribution in [3.63, 3.8) is 0 Å². The highest BCUT2D eigenvalue weighted by Crippen LogP contribution is 2.22. The highest BCUT2D eigenvalue weighted by molar-refractivity contribution is 9.10. The number of rotatable bonds is 3. The molecule has 0 unspecified atom stereocenters. The SMILES string of the molecule is CC(C)(C)OC(=O)Nc1ccc(Br)cc1C(=O)O.Nc1ccc(Br)cc1C(=O)O. The zero-order valence-corrected chi connectivity index (χ0v) is 19.0. The van der Waals surface area contributed by atoms with Gasteiger partial charge in [0.05, 0.1) is 16.8 Å². The minimum Gasteiger partial charge on any atom is -0.478 e. The van der Waals surface area contributed by atoms with Crippen LogP contribution < -0.4 is 11.1 Å². The number of carbonyl (C=O) groups excluding carboxylic acids is 1. The van der Waals surface area contributed by atoms with Gasteiger partial charge in [0.15, 0.2) is 0 Å². The van der Waals surface area contributed by atoms with E-state index in [9.17, 15) is 14.4 Å². The number of amides is 1. The van der Waals surface area contributed by atoms with Crippen molar-refractivity contribution < 1.29 is 29.3 Å². The Bertz CT molecular complexity index is 925. The molecule has 0 spiro atoms. The molecular weight excluding hydrogens is 512 g/mol. The van der Waals surface area contributed by atoms with E-state index in [0.717, 1.165) is 0 Å². The average Bonchev–Trinajstić information content (AvgIpc) is 2.57. The van der Waals surface area contributed by atoms with Crippen LogP contribution in [0.2, 0.25) is 0 Å². The van der Waals surface area contributed by atoms with Gasteiger partial charge < -0.3 is 20.7 Å². The number of anilines is 2. The summed E-state index contributed by atoms with van der Waals surface area (Å²) in [6, 6.07) is 9.26. The van der Waals surface area contributed by atoms with Crippen LogP contribution in [0.5, 0.6) is 0 Å². The van der Waals surface area contributed by atoms with E-state index in [0.29, 0.717) is 8.95 Å². The summed E-state index contributed by atoms with van der Waals surface area (Å²) >= 11 is 6.32. The number of aromatic carboxylic acids is 2. The lowest BCUT2D eigenvalue weighted by Crippen LogP contribution is -2.27. The first-order chi connectivity index (χ1) is 13.3. The molecule has 0 saturated carbocycles. The number of ether oxygens (including phenoxy) is 1. The molecular formula is C19H20Br2N2O6. The Labute approximate surface area is 184 Å². The lowest BCUT2D eigenvalue weighted by Gasteiger charge is -2.20. The number of hydrogen-bond acceptors (Lipinski definition) is 5. The minimum absolute atomic E-state index is 0.00441. The zero-order chi connectivity index (χ0) is 22.4. The van der Waals surface area contributed by atoms with Gasteiger partial charge >= 0.3 is 18.0 Å². The molecule has 2 aromatic rings. The summed E-state index contributed by atoms with van der Waals surface area (Å²) in [5, 5.41) is 20.0. The number of hydrogen-bond donors (Lipinski definition) is 4. The van der Waals surface area contributed by atoms with Gasteiger partial charge in [-0.2, -0.15) is 0 Å². The van der Waals surface area contributed by atoms with Crippen LogP contribution in [0.25, 0.3) is 0 Å². The molecule has 0 atom stereocenters. The third-order valence-corrected chi connectivity index (χ3v) is 4.08. The normalized spacial score (nSPS) is 10.4. The molecule has 8 nitrogen and oxygen atoms in total. The third-order valence-electron chi connectivity index (χ3n) is 3.09. The lowest BCUT2D eigenvalue weighted by atomic mass is 10.2. The Morgan fingerprint density at radius 1 is 0.931 bits per heavy atom. The van der Waals surface area contributed by atoms with Crippen molar-refractivity contribution in [2.75, 3.05) is 11.1 Å². The fraction of sp³-hybridized carbons (Fsp3) is 0.211. The summed E-state index contributed by atoms with van der Waals surface area (Å²) in [6.45, 7) is 5.19. The maximum Gasteiger partial charge on any atom is 0.412 e. The van der Waals surface area contributed by atoms with Gasteiger partial charge in [0.1, 0.15) is 5.60 Å². The Kier molecular flexibility index (Phi) is 8.65. The summed E-state index contributed by atoms with van der Waals surface area (Å²) < 4.78 is 6.38. The van der Waals surface area contributed by atoms with Crippen LogP contribution in [0, 0.1) is 0 Å². The van der Waals surface area contributed by atoms with Crippen molar-refractivity contribution in [3.05, 3.63) is 56.5 Å². The van der Waals surface area contributed by atoms with Gasteiger partial charge in [-0.25, -0.2) is 14.4 Å². The number of carbonyl (C=O) groups is 3. The molecule has 0 aromatic heterocycles. The summed E-state index contributed by atoms with van der Waals surface area (Å²) in [7, 11) is 0. The van der Waals surface area contributed by atoms with E-state index in [4.69, 9.17) is 20.7 Å². The lowest BCUT2D eigenvalue weighted by molar-refractivity contribution is 0.0634. The van der Waals surface area contributed by atoms with E-state index in [2.05, 4.69) is 37.2 Å². The maximum atomic E-state index is 11.5. The first kappa shape index (κ1) is 24.4. The largest absolute Gasteiger partial charge is 0.478 e. The Morgan fingerprint density at radius 3 is 1.86 bits per heavy atom. The monoisotopic (exact) mass is 530 g/mol. The topological polar surface area (TPSA) is 139 Å². The van der Waals surface area contributed by atoms with Gasteiger partial charge in [-0.15, -0.1) is 0 Å². The molecule has 0 aliphatic rings. The quantitative estimate of drug-likeness (QED) is 0.398. The molecule has 2 aromatic carbocycles. The van der Waals surface area contributed by atoms with E-state index in [1.807, 2.05) is 0 Å². The summed E-state index contributed by atoms with van der Waals surface area (Å²) in [5.74, 6) is -2.13. The number of nitrogens with two attached hydrogens (primary N) is 1. The summed E-state index contributed by atoms with van der Waals surface area (Å²) in [4.78, 5) is 33.1. The van der Waals surface area contributed by atoms with Gasteiger partial charge in [0, 0.05) is 14.6 Å². The molecule has 0 fully saturated rings. The van der Waals surface area contributed by atoms with Crippen molar-refractivity contribution in [1.82, 2.24) is 0 Å². The second-order valence-corrected chi connectivity index (χ2v) is 8.49. The molecule has 29 heavy (non-hydrogen) atoms. The fourth-order valence-corrected chi connectivity index (χ4v) is 2.65. The van der Waals surface area contributed by atoms with Crippen molar-refractivity contribution in [2.24, 2.45) is 0 Å². The second kappa shape index (κ2) is 10.3. The van der Waals surface area contributed by atoms with Crippen molar-refractivity contribution in [1.29, 1.82) is 0 Å². The maximum absolute atomic E-state index is 11.5. The standard InChI is InChI=1S/C12H14BrNO4.C7H6BrNO2/c1-12(2,3)18-11(17)14-9-5-4-7(13)6-8(9)10(15)16;8-4-1-2-6(9)5(3-4)7(10)11/h4-6H,1-3H3,(H,14,17)(H,15,16);1-3H,9H2,(H,10,11). The van der Waals surface area contributed by atoms with Crippen molar-refractivity contribution >= 4 is 61.3 Å².